The molecule has 0 unspecified atom stereocenters. The van der Waals surface area contributed by atoms with Crippen LogP contribution in [0.1, 0.15) is 12.6 Å². The fourth-order valence-corrected chi connectivity index (χ4v) is 0.633. The van der Waals surface area contributed by atoms with Crippen LogP contribution in [-0.2, 0) is 6.42 Å². The van der Waals surface area contributed by atoms with E-state index in [1.54, 1.807) is 0 Å². The lowest BCUT2D eigenvalue weighted by atomic mass is 10.3. The summed E-state index contributed by atoms with van der Waals surface area (Å²) in [6, 6.07) is 1.48. The van der Waals surface area contributed by atoms with Crippen molar-refractivity contribution in [2.24, 2.45) is 0 Å². The Hall–Kier alpha value is -1.12. The molecule has 1 aromatic heterocycles. The lowest BCUT2D eigenvalue weighted by Gasteiger charge is -1.88. The molecule has 1 aromatic rings. The van der Waals surface area contributed by atoms with E-state index >= 15 is 0 Å². The number of hydrogen-bond acceptors (Lipinski definition) is 2. The predicted octanol–water partition coefficient (Wildman–Crippen LogP) is 0.332. The minimum atomic E-state index is 0.0104. The van der Waals surface area contributed by atoms with E-state index < -0.39 is 0 Å². The average molecular weight is 124 g/mol. The van der Waals surface area contributed by atoms with Gasteiger partial charge in [0.2, 0.25) is 5.43 Å². The second-order valence-electron chi connectivity index (χ2n) is 1.74. The van der Waals surface area contributed by atoms with E-state index in [2.05, 4.69) is 10.2 Å². The van der Waals surface area contributed by atoms with Crippen LogP contribution < -0.4 is 5.43 Å². The summed E-state index contributed by atoms with van der Waals surface area (Å²) in [5, 5.41) is 6.36. The van der Waals surface area contributed by atoms with Crippen LogP contribution in [0.25, 0.3) is 0 Å². The SMILES string of the molecule is CCc1n[nH]ccc1=O. The maximum Gasteiger partial charge on any atom is 0.203 e. The van der Waals surface area contributed by atoms with Gasteiger partial charge in [-0.1, -0.05) is 6.92 Å². The van der Waals surface area contributed by atoms with Crippen LogP contribution in [0.2, 0.25) is 0 Å². The molecule has 0 aromatic carbocycles. The summed E-state index contributed by atoms with van der Waals surface area (Å²) in [4.78, 5) is 10.8. The van der Waals surface area contributed by atoms with Crippen LogP contribution in [0.4, 0.5) is 0 Å². The van der Waals surface area contributed by atoms with E-state index in [0.29, 0.717) is 12.1 Å². The molecule has 48 valence electrons. The molecule has 0 atom stereocenters. The van der Waals surface area contributed by atoms with Crippen molar-refractivity contribution in [1.82, 2.24) is 10.2 Å². The number of hydrogen-bond donors (Lipinski definition) is 1. The molecule has 0 aliphatic carbocycles. The van der Waals surface area contributed by atoms with Crippen LogP contribution in [0.5, 0.6) is 0 Å². The maximum absolute atomic E-state index is 10.8. The highest BCUT2D eigenvalue weighted by Gasteiger charge is 1.92. The van der Waals surface area contributed by atoms with E-state index in [-0.39, 0.29) is 5.43 Å². The van der Waals surface area contributed by atoms with Gasteiger partial charge in [-0.15, -0.1) is 0 Å². The summed E-state index contributed by atoms with van der Waals surface area (Å²) in [5.41, 5.74) is 0.605. The van der Waals surface area contributed by atoms with Gasteiger partial charge in [-0.2, -0.15) is 5.10 Å². The van der Waals surface area contributed by atoms with Crippen LogP contribution in [-0.4, -0.2) is 10.2 Å². The summed E-state index contributed by atoms with van der Waals surface area (Å²) >= 11 is 0. The molecule has 3 heteroatoms. The molecule has 1 rings (SSSR count). The maximum atomic E-state index is 10.8. The zero-order chi connectivity index (χ0) is 6.69. The molecule has 0 fully saturated rings. The normalized spacial score (nSPS) is 9.44. The third kappa shape index (κ3) is 1.16. The fourth-order valence-electron chi connectivity index (χ4n) is 0.633. The summed E-state index contributed by atoms with van der Waals surface area (Å²) < 4.78 is 0. The Kier molecular flexibility index (Phi) is 1.63. The molecule has 0 aliphatic heterocycles. The van der Waals surface area contributed by atoms with Gasteiger partial charge >= 0.3 is 0 Å². The highest BCUT2D eigenvalue weighted by molar-refractivity contribution is 4.99. The summed E-state index contributed by atoms with van der Waals surface area (Å²) in [6.45, 7) is 1.90. The second kappa shape index (κ2) is 2.44. The van der Waals surface area contributed by atoms with Gasteiger partial charge in [-0.3, -0.25) is 9.89 Å². The van der Waals surface area contributed by atoms with Crippen molar-refractivity contribution in [1.29, 1.82) is 0 Å². The molecule has 0 aliphatic rings. The molecule has 0 bridgehead atoms. The van der Waals surface area contributed by atoms with Crippen LogP contribution >= 0.6 is 0 Å². The van der Waals surface area contributed by atoms with Crippen molar-refractivity contribution in [3.63, 3.8) is 0 Å². The minimum absolute atomic E-state index is 0.0104. The third-order valence-electron chi connectivity index (χ3n) is 1.13. The summed E-state index contributed by atoms with van der Waals surface area (Å²) in [6.07, 6.45) is 2.22. The van der Waals surface area contributed by atoms with Crippen molar-refractivity contribution >= 4 is 0 Å². The van der Waals surface area contributed by atoms with Crippen LogP contribution in [0.3, 0.4) is 0 Å². The van der Waals surface area contributed by atoms with Crippen molar-refractivity contribution in [3.05, 3.63) is 28.2 Å². The van der Waals surface area contributed by atoms with Crippen molar-refractivity contribution < 1.29 is 0 Å². The first-order chi connectivity index (χ1) is 4.34. The molecule has 3 nitrogen and oxygen atoms in total. The largest absolute Gasteiger partial charge is 0.288 e. The van der Waals surface area contributed by atoms with Gasteiger partial charge < -0.3 is 0 Å². The molecule has 0 saturated heterocycles. The van der Waals surface area contributed by atoms with E-state index in [1.807, 2.05) is 6.92 Å². The number of aromatic nitrogens is 2. The van der Waals surface area contributed by atoms with E-state index in [9.17, 15) is 4.79 Å². The van der Waals surface area contributed by atoms with Crippen molar-refractivity contribution in [2.75, 3.05) is 0 Å². The molecular weight excluding hydrogens is 116 g/mol. The molecular formula is C6H8N2O. The molecule has 0 radical (unpaired) electrons. The lowest BCUT2D eigenvalue weighted by Crippen LogP contribution is -2.09. The van der Waals surface area contributed by atoms with Crippen LogP contribution in [0.15, 0.2) is 17.1 Å². The molecule has 9 heavy (non-hydrogen) atoms. The Morgan fingerprint density at radius 2 is 2.56 bits per heavy atom. The van der Waals surface area contributed by atoms with Crippen molar-refractivity contribution in [2.45, 2.75) is 13.3 Å². The van der Waals surface area contributed by atoms with E-state index in [4.69, 9.17) is 0 Å². The number of nitrogens with one attached hydrogen (secondary N) is 1. The first kappa shape index (κ1) is 6.01. The first-order valence-corrected chi connectivity index (χ1v) is 2.87. The quantitative estimate of drug-likeness (QED) is 0.586. The van der Waals surface area contributed by atoms with Gasteiger partial charge in [0.25, 0.3) is 0 Å². The number of nitrogens with zero attached hydrogens (tertiary/aromatic N) is 1. The molecule has 0 amide bonds. The predicted molar refractivity (Wildman–Crippen MR) is 34.2 cm³/mol. The molecule has 0 spiro atoms. The van der Waals surface area contributed by atoms with E-state index in [1.165, 1.54) is 12.3 Å². The zero-order valence-corrected chi connectivity index (χ0v) is 5.22. The first-order valence-electron chi connectivity index (χ1n) is 2.87. The molecule has 1 N–H and O–H groups in total. The smallest absolute Gasteiger partial charge is 0.203 e. The minimum Gasteiger partial charge on any atom is -0.288 e. The summed E-state index contributed by atoms with van der Waals surface area (Å²) in [7, 11) is 0. The molecule has 0 saturated carbocycles. The number of aryl methyl sites for hydroxylation is 1. The second-order valence-corrected chi connectivity index (χ2v) is 1.74. The van der Waals surface area contributed by atoms with E-state index in [0.717, 1.165) is 0 Å². The monoisotopic (exact) mass is 124 g/mol. The van der Waals surface area contributed by atoms with Gasteiger partial charge in [0.1, 0.15) is 5.69 Å². The zero-order valence-electron chi connectivity index (χ0n) is 5.22. The molecule has 1 heterocycles. The standard InChI is InChI=1S/C6H8N2O/c1-2-5-6(9)3-4-7-8-5/h3-4H,2H2,1H3,(H,7,9). The number of rotatable bonds is 1. The van der Waals surface area contributed by atoms with Gasteiger partial charge in [0.05, 0.1) is 0 Å². The fraction of sp³-hybridized carbons (Fsp3) is 0.333. The van der Waals surface area contributed by atoms with Crippen LogP contribution in [0, 0.1) is 0 Å². The summed E-state index contributed by atoms with van der Waals surface area (Å²) in [5.74, 6) is 0. The van der Waals surface area contributed by atoms with Gasteiger partial charge in [0.15, 0.2) is 0 Å². The third-order valence-corrected chi connectivity index (χ3v) is 1.13. The van der Waals surface area contributed by atoms with Gasteiger partial charge in [-0.05, 0) is 6.42 Å². The number of H-pyrrole nitrogens is 1. The Balaban J connectivity index is 3.16. The topological polar surface area (TPSA) is 45.8 Å². The Morgan fingerprint density at radius 3 is 3.00 bits per heavy atom. The lowest BCUT2D eigenvalue weighted by molar-refractivity contribution is 0.903. The highest BCUT2D eigenvalue weighted by Crippen LogP contribution is 1.80. The number of aromatic amines is 1. The average Bonchev–Trinajstić information content (AvgIpc) is 1.89. The van der Waals surface area contributed by atoms with Gasteiger partial charge in [0, 0.05) is 12.3 Å². The van der Waals surface area contributed by atoms with Crippen molar-refractivity contribution in [3.8, 4) is 0 Å². The van der Waals surface area contributed by atoms with Gasteiger partial charge in [-0.25, -0.2) is 0 Å². The Morgan fingerprint density at radius 1 is 1.78 bits per heavy atom. The highest BCUT2D eigenvalue weighted by atomic mass is 16.1. The Labute approximate surface area is 52.7 Å². The Bertz CT molecular complexity index is 241.